The van der Waals surface area contributed by atoms with Gasteiger partial charge in [-0.15, -0.1) is 12.4 Å². The van der Waals surface area contributed by atoms with E-state index in [2.05, 4.69) is 0 Å². The molecule has 0 spiro atoms. The third-order valence-electron chi connectivity index (χ3n) is 3.73. The SMILES string of the molecule is CC(OCC(O)CN(CCO)c1ccccc1)c1ccccc1.Cl. The first-order valence-electron chi connectivity index (χ1n) is 7.96. The van der Waals surface area contributed by atoms with Crippen molar-refractivity contribution in [2.45, 2.75) is 19.1 Å². The third-order valence-corrected chi connectivity index (χ3v) is 3.73. The van der Waals surface area contributed by atoms with Crippen molar-refractivity contribution < 1.29 is 14.9 Å². The first kappa shape index (κ1) is 20.5. The molecule has 0 bridgehead atoms. The van der Waals surface area contributed by atoms with E-state index in [1.165, 1.54) is 0 Å². The number of halogens is 1. The summed E-state index contributed by atoms with van der Waals surface area (Å²) in [6.45, 7) is 3.18. The fourth-order valence-electron chi connectivity index (χ4n) is 2.47. The van der Waals surface area contributed by atoms with E-state index < -0.39 is 6.10 Å². The van der Waals surface area contributed by atoms with Crippen molar-refractivity contribution in [3.63, 3.8) is 0 Å². The van der Waals surface area contributed by atoms with Crippen LogP contribution in [0.25, 0.3) is 0 Å². The lowest BCUT2D eigenvalue weighted by Crippen LogP contribution is -2.37. The standard InChI is InChI=1S/C19H25NO3.ClH/c1-16(17-8-4-2-5-9-17)23-15-19(22)14-20(12-13-21)18-10-6-3-7-11-18;/h2-11,16,19,21-22H,12-15H2,1H3;1H. The molecule has 2 N–H and O–H groups in total. The lowest BCUT2D eigenvalue weighted by molar-refractivity contribution is 0.000131. The summed E-state index contributed by atoms with van der Waals surface area (Å²) in [7, 11) is 0. The van der Waals surface area contributed by atoms with Crippen LogP contribution < -0.4 is 4.90 Å². The molecule has 0 aliphatic rings. The molecule has 24 heavy (non-hydrogen) atoms. The summed E-state index contributed by atoms with van der Waals surface area (Å²) in [5.74, 6) is 0. The Labute approximate surface area is 150 Å². The van der Waals surface area contributed by atoms with Crippen molar-refractivity contribution in [1.82, 2.24) is 0 Å². The molecule has 0 aromatic heterocycles. The van der Waals surface area contributed by atoms with Crippen LogP contribution in [0.1, 0.15) is 18.6 Å². The van der Waals surface area contributed by atoms with E-state index in [1.54, 1.807) is 0 Å². The molecule has 0 radical (unpaired) electrons. The number of anilines is 1. The Bertz CT molecular complexity index is 553. The highest BCUT2D eigenvalue weighted by Gasteiger charge is 2.14. The van der Waals surface area contributed by atoms with Gasteiger partial charge in [0.05, 0.1) is 25.4 Å². The number of benzene rings is 2. The van der Waals surface area contributed by atoms with E-state index >= 15 is 0 Å². The highest BCUT2D eigenvalue weighted by atomic mass is 35.5. The fraction of sp³-hybridized carbons (Fsp3) is 0.368. The molecule has 0 amide bonds. The maximum atomic E-state index is 10.3. The van der Waals surface area contributed by atoms with Crippen LogP contribution in [0.5, 0.6) is 0 Å². The van der Waals surface area contributed by atoms with E-state index in [9.17, 15) is 10.2 Å². The smallest absolute Gasteiger partial charge is 0.0948 e. The maximum absolute atomic E-state index is 10.3. The van der Waals surface area contributed by atoms with E-state index in [0.717, 1.165) is 11.3 Å². The molecule has 2 aromatic rings. The van der Waals surface area contributed by atoms with Gasteiger partial charge in [-0.3, -0.25) is 0 Å². The molecule has 2 rings (SSSR count). The van der Waals surface area contributed by atoms with Crippen LogP contribution in [-0.4, -0.2) is 42.6 Å². The second-order valence-electron chi connectivity index (χ2n) is 5.55. The number of hydrogen-bond donors (Lipinski definition) is 2. The van der Waals surface area contributed by atoms with Crippen LogP contribution in [0, 0.1) is 0 Å². The number of hydrogen-bond acceptors (Lipinski definition) is 4. The summed E-state index contributed by atoms with van der Waals surface area (Å²) < 4.78 is 5.77. The zero-order valence-corrected chi connectivity index (χ0v) is 14.7. The predicted octanol–water partition coefficient (Wildman–Crippen LogP) is 3.05. The van der Waals surface area contributed by atoms with Gasteiger partial charge in [0.1, 0.15) is 0 Å². The van der Waals surface area contributed by atoms with Crippen LogP contribution in [0.4, 0.5) is 5.69 Å². The van der Waals surface area contributed by atoms with Gasteiger partial charge in [-0.25, -0.2) is 0 Å². The average Bonchev–Trinajstić information content (AvgIpc) is 2.61. The van der Waals surface area contributed by atoms with Gasteiger partial charge in [0, 0.05) is 18.8 Å². The molecule has 0 saturated carbocycles. The summed E-state index contributed by atoms with van der Waals surface area (Å²) in [4.78, 5) is 1.96. The van der Waals surface area contributed by atoms with Crippen LogP contribution in [0.15, 0.2) is 60.7 Å². The Morgan fingerprint density at radius 3 is 2.17 bits per heavy atom. The summed E-state index contributed by atoms with van der Waals surface area (Å²) in [5, 5.41) is 19.5. The van der Waals surface area contributed by atoms with E-state index in [-0.39, 0.29) is 31.7 Å². The normalized spacial score (nSPS) is 13.0. The quantitative estimate of drug-likeness (QED) is 0.729. The molecular formula is C19H26ClNO3. The Morgan fingerprint density at radius 1 is 1.00 bits per heavy atom. The highest BCUT2D eigenvalue weighted by Crippen LogP contribution is 2.17. The minimum atomic E-state index is -0.618. The van der Waals surface area contributed by atoms with Crippen LogP contribution in [0.3, 0.4) is 0 Å². The Kier molecular flexibility index (Phi) is 9.42. The number of aliphatic hydroxyl groups is 2. The predicted molar refractivity (Wildman–Crippen MR) is 99.8 cm³/mol. The molecule has 0 aliphatic carbocycles. The largest absolute Gasteiger partial charge is 0.395 e. The molecule has 2 aromatic carbocycles. The van der Waals surface area contributed by atoms with Crippen molar-refractivity contribution in [2.24, 2.45) is 0 Å². The number of nitrogens with zero attached hydrogens (tertiary/aromatic N) is 1. The summed E-state index contributed by atoms with van der Waals surface area (Å²) in [6, 6.07) is 19.7. The van der Waals surface area contributed by atoms with Crippen molar-refractivity contribution in [1.29, 1.82) is 0 Å². The van der Waals surface area contributed by atoms with Gasteiger partial charge in [-0.2, -0.15) is 0 Å². The topological polar surface area (TPSA) is 52.9 Å². The van der Waals surface area contributed by atoms with Crippen LogP contribution in [-0.2, 0) is 4.74 Å². The van der Waals surface area contributed by atoms with Crippen molar-refractivity contribution in [2.75, 3.05) is 31.2 Å². The Balaban J connectivity index is 0.00000288. The summed E-state index contributed by atoms with van der Waals surface area (Å²) in [6.07, 6.45) is -0.679. The van der Waals surface area contributed by atoms with Crippen molar-refractivity contribution >= 4 is 18.1 Å². The second kappa shape index (κ2) is 11.0. The van der Waals surface area contributed by atoms with Crippen LogP contribution in [0.2, 0.25) is 0 Å². The second-order valence-corrected chi connectivity index (χ2v) is 5.55. The van der Waals surface area contributed by atoms with Crippen molar-refractivity contribution in [3.8, 4) is 0 Å². The van der Waals surface area contributed by atoms with Gasteiger partial charge >= 0.3 is 0 Å². The zero-order valence-electron chi connectivity index (χ0n) is 13.9. The molecule has 0 aliphatic heterocycles. The van der Waals surface area contributed by atoms with Gasteiger partial charge in [0.2, 0.25) is 0 Å². The monoisotopic (exact) mass is 351 g/mol. The minimum Gasteiger partial charge on any atom is -0.395 e. The van der Waals surface area contributed by atoms with Gasteiger partial charge in [0.25, 0.3) is 0 Å². The average molecular weight is 352 g/mol. The van der Waals surface area contributed by atoms with Crippen molar-refractivity contribution in [3.05, 3.63) is 66.2 Å². The lowest BCUT2D eigenvalue weighted by atomic mass is 10.1. The van der Waals surface area contributed by atoms with Gasteiger partial charge in [-0.1, -0.05) is 48.5 Å². The van der Waals surface area contributed by atoms with E-state index in [1.807, 2.05) is 72.5 Å². The molecule has 2 unspecified atom stereocenters. The molecule has 0 heterocycles. The van der Waals surface area contributed by atoms with E-state index in [4.69, 9.17) is 4.74 Å². The summed E-state index contributed by atoms with van der Waals surface area (Å²) in [5.41, 5.74) is 2.08. The Morgan fingerprint density at radius 2 is 1.58 bits per heavy atom. The summed E-state index contributed by atoms with van der Waals surface area (Å²) >= 11 is 0. The van der Waals surface area contributed by atoms with Crippen LogP contribution >= 0.6 is 12.4 Å². The molecule has 2 atom stereocenters. The molecule has 4 nitrogen and oxygen atoms in total. The third kappa shape index (κ3) is 6.49. The number of rotatable bonds is 9. The molecule has 5 heteroatoms. The number of aliphatic hydroxyl groups excluding tert-OH is 2. The number of para-hydroxylation sites is 1. The fourth-order valence-corrected chi connectivity index (χ4v) is 2.47. The van der Waals surface area contributed by atoms with E-state index in [0.29, 0.717) is 13.1 Å². The molecular weight excluding hydrogens is 326 g/mol. The lowest BCUT2D eigenvalue weighted by Gasteiger charge is -2.27. The number of ether oxygens (including phenoxy) is 1. The molecule has 0 saturated heterocycles. The van der Waals surface area contributed by atoms with Gasteiger partial charge in [-0.05, 0) is 24.6 Å². The molecule has 132 valence electrons. The minimum absolute atomic E-state index is 0. The zero-order chi connectivity index (χ0) is 16.5. The molecule has 0 fully saturated rings. The first-order valence-corrected chi connectivity index (χ1v) is 7.96. The first-order chi connectivity index (χ1) is 11.2. The van der Waals surface area contributed by atoms with Gasteiger partial charge in [0.15, 0.2) is 0 Å². The Hall–Kier alpha value is -1.59. The van der Waals surface area contributed by atoms with Gasteiger partial charge < -0.3 is 19.8 Å². The maximum Gasteiger partial charge on any atom is 0.0948 e. The highest BCUT2D eigenvalue weighted by molar-refractivity contribution is 5.85.